The topological polar surface area (TPSA) is 95.9 Å². The average molecular weight is 901 g/mol. The van der Waals surface area contributed by atoms with E-state index in [1.165, 1.54) is 173 Å². The van der Waals surface area contributed by atoms with Crippen LogP contribution in [0, 0.1) is 0 Å². The number of carbonyl (C=O) groups excluding carboxylic acids is 2. The van der Waals surface area contributed by atoms with Crippen molar-refractivity contribution in [1.29, 1.82) is 0 Å². The van der Waals surface area contributed by atoms with Crippen molar-refractivity contribution in [3.05, 3.63) is 36.5 Å². The molecule has 0 fully saturated rings. The van der Waals surface area contributed by atoms with Gasteiger partial charge in [0.05, 0.1) is 25.2 Å². The summed E-state index contributed by atoms with van der Waals surface area (Å²) in [5.74, 6) is -0.479. The van der Waals surface area contributed by atoms with Gasteiger partial charge in [-0.3, -0.25) is 9.59 Å². The van der Waals surface area contributed by atoms with E-state index in [9.17, 15) is 19.8 Å². The van der Waals surface area contributed by atoms with Crippen LogP contribution in [0.5, 0.6) is 0 Å². The molecule has 0 saturated heterocycles. The first-order chi connectivity index (χ1) is 31.5. The molecule has 0 saturated carbocycles. The Hall–Kier alpha value is -1.92. The Morgan fingerprint density at radius 2 is 0.844 bits per heavy atom. The molecular formula is C58H109NO5. The minimum absolute atomic E-state index is 0.0682. The van der Waals surface area contributed by atoms with Gasteiger partial charge in [-0.1, -0.05) is 276 Å². The predicted molar refractivity (Wildman–Crippen MR) is 278 cm³/mol. The number of aliphatic hydroxyl groups is 2. The molecule has 3 unspecified atom stereocenters. The molecule has 0 bridgehead atoms. The molecule has 0 aliphatic rings. The number of allylic oxidation sites excluding steroid dienone is 6. The summed E-state index contributed by atoms with van der Waals surface area (Å²) in [7, 11) is 0. The van der Waals surface area contributed by atoms with Crippen molar-refractivity contribution in [2.75, 3.05) is 6.61 Å². The predicted octanol–water partition coefficient (Wildman–Crippen LogP) is 17.2. The highest BCUT2D eigenvalue weighted by atomic mass is 16.5. The van der Waals surface area contributed by atoms with Crippen molar-refractivity contribution in [2.45, 2.75) is 315 Å². The zero-order chi connectivity index (χ0) is 46.7. The zero-order valence-electron chi connectivity index (χ0n) is 42.9. The van der Waals surface area contributed by atoms with Crippen LogP contribution in [0.4, 0.5) is 0 Å². The summed E-state index contributed by atoms with van der Waals surface area (Å²) in [6.07, 6.45) is 62.1. The van der Waals surface area contributed by atoms with Gasteiger partial charge in [-0.15, -0.1) is 0 Å². The summed E-state index contributed by atoms with van der Waals surface area (Å²) in [4.78, 5) is 26.2. The Morgan fingerprint density at radius 1 is 0.469 bits per heavy atom. The number of aliphatic hydroxyl groups excluding tert-OH is 2. The molecule has 376 valence electrons. The van der Waals surface area contributed by atoms with Gasteiger partial charge in [0.2, 0.25) is 5.91 Å². The molecule has 0 aliphatic heterocycles. The Labute approximate surface area is 398 Å². The third kappa shape index (κ3) is 46.6. The van der Waals surface area contributed by atoms with Crippen molar-refractivity contribution in [2.24, 2.45) is 0 Å². The number of carbonyl (C=O) groups is 2. The fraction of sp³-hybridized carbons (Fsp3) is 0.862. The maximum absolute atomic E-state index is 13.2. The SMILES string of the molecule is CC/C=C/C=C/C=C/CCCCCCCC(CC(=O)NC(CO)C(O)CCCCCCCCCCCCCCCCCC)OC(=O)CCCCCCCCCCCCCCCCCC. The molecule has 0 aromatic rings. The van der Waals surface area contributed by atoms with Crippen LogP contribution in [0.3, 0.4) is 0 Å². The second-order valence-corrected chi connectivity index (χ2v) is 19.4. The van der Waals surface area contributed by atoms with E-state index < -0.39 is 18.2 Å². The van der Waals surface area contributed by atoms with Crippen molar-refractivity contribution >= 4 is 11.9 Å². The summed E-state index contributed by atoms with van der Waals surface area (Å²) in [5, 5.41) is 23.9. The maximum atomic E-state index is 13.2. The number of hydrogen-bond acceptors (Lipinski definition) is 5. The van der Waals surface area contributed by atoms with Crippen molar-refractivity contribution < 1.29 is 24.5 Å². The molecule has 3 atom stereocenters. The molecule has 0 aliphatic carbocycles. The van der Waals surface area contributed by atoms with Crippen LogP contribution in [0.2, 0.25) is 0 Å². The molecular weight excluding hydrogens is 791 g/mol. The summed E-state index contributed by atoms with van der Waals surface area (Å²) in [5.41, 5.74) is 0. The van der Waals surface area contributed by atoms with Gasteiger partial charge in [0.15, 0.2) is 0 Å². The minimum Gasteiger partial charge on any atom is -0.462 e. The van der Waals surface area contributed by atoms with E-state index in [-0.39, 0.29) is 24.9 Å². The summed E-state index contributed by atoms with van der Waals surface area (Å²) >= 11 is 0. The van der Waals surface area contributed by atoms with E-state index in [0.29, 0.717) is 19.3 Å². The van der Waals surface area contributed by atoms with Crippen LogP contribution in [-0.2, 0) is 14.3 Å². The highest BCUT2D eigenvalue weighted by Gasteiger charge is 2.24. The normalized spacial score (nSPS) is 13.4. The molecule has 6 nitrogen and oxygen atoms in total. The first-order valence-corrected chi connectivity index (χ1v) is 28.2. The molecule has 0 radical (unpaired) electrons. The molecule has 0 aromatic heterocycles. The molecule has 0 heterocycles. The van der Waals surface area contributed by atoms with E-state index in [4.69, 9.17) is 4.74 Å². The van der Waals surface area contributed by atoms with Gasteiger partial charge >= 0.3 is 5.97 Å². The number of amides is 1. The quantitative estimate of drug-likeness (QED) is 0.0321. The Morgan fingerprint density at radius 3 is 1.27 bits per heavy atom. The van der Waals surface area contributed by atoms with Crippen LogP contribution < -0.4 is 5.32 Å². The smallest absolute Gasteiger partial charge is 0.306 e. The number of hydrogen-bond donors (Lipinski definition) is 3. The van der Waals surface area contributed by atoms with E-state index in [2.05, 4.69) is 62.5 Å². The lowest BCUT2D eigenvalue weighted by Crippen LogP contribution is -2.46. The standard InChI is InChI=1S/C58H109NO5/c1-4-7-10-13-16-19-22-25-27-29-32-35-38-41-44-47-50-56(61)55(53-60)59-57(62)52-54(49-46-43-40-37-34-31-24-21-18-15-12-9-6-3)64-58(63)51-48-45-42-39-36-33-30-28-26-23-20-17-14-11-8-5-2/h9,12,15,18,21,24,54-56,60-61H,4-8,10-11,13-14,16-17,19-20,22-23,25-53H2,1-3H3,(H,59,62)/b12-9+,18-15+,24-21+. The minimum atomic E-state index is -0.791. The summed E-state index contributed by atoms with van der Waals surface area (Å²) < 4.78 is 5.95. The molecule has 0 aromatic carbocycles. The van der Waals surface area contributed by atoms with E-state index in [1.807, 2.05) is 0 Å². The van der Waals surface area contributed by atoms with Gasteiger partial charge in [0, 0.05) is 6.42 Å². The number of ether oxygens (including phenoxy) is 1. The second-order valence-electron chi connectivity index (χ2n) is 19.4. The second kappa shape index (κ2) is 52.1. The van der Waals surface area contributed by atoms with Crippen LogP contribution in [0.15, 0.2) is 36.5 Å². The average Bonchev–Trinajstić information content (AvgIpc) is 3.29. The van der Waals surface area contributed by atoms with Crippen molar-refractivity contribution in [3.8, 4) is 0 Å². The van der Waals surface area contributed by atoms with Crippen LogP contribution in [0.25, 0.3) is 0 Å². The van der Waals surface area contributed by atoms with Crippen LogP contribution in [0.1, 0.15) is 297 Å². The van der Waals surface area contributed by atoms with Gasteiger partial charge < -0.3 is 20.3 Å². The fourth-order valence-corrected chi connectivity index (χ4v) is 8.79. The lowest BCUT2D eigenvalue weighted by molar-refractivity contribution is -0.151. The highest BCUT2D eigenvalue weighted by molar-refractivity contribution is 5.77. The number of rotatable bonds is 51. The number of unbranched alkanes of at least 4 members (excludes halogenated alkanes) is 35. The Balaban J connectivity index is 4.50. The van der Waals surface area contributed by atoms with E-state index in [0.717, 1.165) is 77.0 Å². The lowest BCUT2D eigenvalue weighted by Gasteiger charge is -2.24. The van der Waals surface area contributed by atoms with Gasteiger partial charge in [-0.2, -0.15) is 0 Å². The monoisotopic (exact) mass is 900 g/mol. The lowest BCUT2D eigenvalue weighted by atomic mass is 10.0. The Kier molecular flexibility index (Phi) is 50.5. The number of nitrogens with one attached hydrogen (secondary N) is 1. The Bertz CT molecular complexity index is 1060. The van der Waals surface area contributed by atoms with Gasteiger partial charge in [0.25, 0.3) is 0 Å². The van der Waals surface area contributed by atoms with Crippen molar-refractivity contribution in [1.82, 2.24) is 5.32 Å². The van der Waals surface area contributed by atoms with Crippen LogP contribution in [-0.4, -0.2) is 46.9 Å². The molecule has 0 rings (SSSR count). The third-order valence-corrected chi connectivity index (χ3v) is 13.0. The largest absolute Gasteiger partial charge is 0.462 e. The van der Waals surface area contributed by atoms with E-state index in [1.54, 1.807) is 0 Å². The van der Waals surface area contributed by atoms with E-state index >= 15 is 0 Å². The third-order valence-electron chi connectivity index (χ3n) is 13.0. The molecule has 64 heavy (non-hydrogen) atoms. The molecule has 0 spiro atoms. The fourth-order valence-electron chi connectivity index (χ4n) is 8.79. The van der Waals surface area contributed by atoms with Crippen LogP contribution >= 0.6 is 0 Å². The molecule has 6 heteroatoms. The van der Waals surface area contributed by atoms with Gasteiger partial charge in [-0.25, -0.2) is 0 Å². The maximum Gasteiger partial charge on any atom is 0.306 e. The molecule has 3 N–H and O–H groups in total. The highest BCUT2D eigenvalue weighted by Crippen LogP contribution is 2.19. The summed E-state index contributed by atoms with van der Waals surface area (Å²) in [6.45, 7) is 6.38. The van der Waals surface area contributed by atoms with Gasteiger partial charge in [0.1, 0.15) is 6.10 Å². The van der Waals surface area contributed by atoms with Gasteiger partial charge in [-0.05, 0) is 44.9 Å². The first-order valence-electron chi connectivity index (χ1n) is 28.2. The van der Waals surface area contributed by atoms with Crippen molar-refractivity contribution in [3.63, 3.8) is 0 Å². The first kappa shape index (κ1) is 62.1. The summed E-state index contributed by atoms with van der Waals surface area (Å²) in [6, 6.07) is -0.706. The molecule has 1 amide bonds. The number of esters is 1. The zero-order valence-corrected chi connectivity index (χ0v) is 42.9.